The van der Waals surface area contributed by atoms with Gasteiger partial charge in [-0.25, -0.2) is 0 Å². The Morgan fingerprint density at radius 3 is 3.18 bits per heavy atom. The van der Waals surface area contributed by atoms with Crippen molar-refractivity contribution in [3.8, 4) is 0 Å². The molecule has 1 unspecified atom stereocenters. The molecule has 0 bridgehead atoms. The topological polar surface area (TPSA) is 50.9 Å². The molecule has 1 rings (SSSR count). The molecule has 0 amide bonds. The summed E-state index contributed by atoms with van der Waals surface area (Å²) in [5.74, 6) is 6.31. The second-order valence-corrected chi connectivity index (χ2v) is 3.68. The van der Waals surface area contributed by atoms with Crippen LogP contribution in [-0.2, 0) is 0 Å². The summed E-state index contributed by atoms with van der Waals surface area (Å²) in [6.07, 6.45) is 2.05. The lowest BCUT2D eigenvalue weighted by atomic mass is 10.2. The third kappa shape index (κ3) is 2.44. The van der Waals surface area contributed by atoms with Gasteiger partial charge in [0.15, 0.2) is 0 Å². The smallest absolute Gasteiger partial charge is 0.0733 e. The summed E-state index contributed by atoms with van der Waals surface area (Å²) in [6, 6.07) is 2.18. The first kappa shape index (κ1) is 8.99. The largest absolute Gasteiger partial charge is 0.271 e. The zero-order chi connectivity index (χ0) is 8.10. The van der Waals surface area contributed by atoms with Crippen molar-refractivity contribution in [1.29, 1.82) is 0 Å². The molecule has 3 N–H and O–H groups in total. The summed E-state index contributed by atoms with van der Waals surface area (Å²) < 4.78 is 4.19. The minimum atomic E-state index is 0.191. The molecule has 11 heavy (non-hydrogen) atoms. The number of hydrogen-bond acceptors (Lipinski definition) is 5. The molecular formula is C6H11N3S2. The SMILES string of the molecule is CSCC(NN)c1ccsn1. The molecule has 5 heteroatoms. The van der Waals surface area contributed by atoms with Gasteiger partial charge in [-0.15, -0.1) is 0 Å². The molecular weight excluding hydrogens is 178 g/mol. The Morgan fingerprint density at radius 2 is 2.73 bits per heavy atom. The lowest BCUT2D eigenvalue weighted by Crippen LogP contribution is -2.29. The molecule has 0 aliphatic carbocycles. The fraction of sp³-hybridized carbons (Fsp3) is 0.500. The summed E-state index contributed by atoms with van der Waals surface area (Å²) in [5, 5.41) is 1.96. The van der Waals surface area contributed by atoms with Crippen LogP contribution >= 0.6 is 23.3 Å². The first-order chi connectivity index (χ1) is 5.38. The van der Waals surface area contributed by atoms with Gasteiger partial charge < -0.3 is 0 Å². The molecule has 0 aliphatic rings. The quantitative estimate of drug-likeness (QED) is 0.548. The summed E-state index contributed by atoms with van der Waals surface area (Å²) in [4.78, 5) is 0. The van der Waals surface area contributed by atoms with E-state index in [1.54, 1.807) is 11.8 Å². The average Bonchev–Trinajstić information content (AvgIpc) is 2.52. The van der Waals surface area contributed by atoms with E-state index in [0.717, 1.165) is 11.4 Å². The van der Waals surface area contributed by atoms with Crippen LogP contribution in [0.3, 0.4) is 0 Å². The van der Waals surface area contributed by atoms with Gasteiger partial charge in [-0.1, -0.05) is 0 Å². The predicted octanol–water partition coefficient (Wildman–Crippen LogP) is 1.01. The lowest BCUT2D eigenvalue weighted by molar-refractivity contribution is 0.601. The van der Waals surface area contributed by atoms with E-state index in [9.17, 15) is 0 Å². The van der Waals surface area contributed by atoms with Crippen molar-refractivity contribution in [3.05, 3.63) is 17.1 Å². The zero-order valence-electron chi connectivity index (χ0n) is 6.28. The first-order valence-corrected chi connectivity index (χ1v) is 5.47. The van der Waals surface area contributed by atoms with Crippen LogP contribution in [0.4, 0.5) is 0 Å². The number of hydrogen-bond donors (Lipinski definition) is 2. The van der Waals surface area contributed by atoms with Gasteiger partial charge in [0.2, 0.25) is 0 Å². The van der Waals surface area contributed by atoms with Crippen LogP contribution in [0.5, 0.6) is 0 Å². The van der Waals surface area contributed by atoms with Crippen molar-refractivity contribution in [2.24, 2.45) is 5.84 Å². The summed E-state index contributed by atoms with van der Waals surface area (Å²) in [6.45, 7) is 0. The molecule has 62 valence electrons. The number of nitrogens with two attached hydrogens (primary N) is 1. The minimum Gasteiger partial charge on any atom is -0.271 e. The van der Waals surface area contributed by atoms with Crippen molar-refractivity contribution in [2.45, 2.75) is 6.04 Å². The third-order valence-corrected chi connectivity index (χ3v) is 2.59. The Balaban J connectivity index is 2.56. The third-order valence-electron chi connectivity index (χ3n) is 1.35. The van der Waals surface area contributed by atoms with Gasteiger partial charge in [-0.3, -0.25) is 11.3 Å². The van der Waals surface area contributed by atoms with Gasteiger partial charge in [0.25, 0.3) is 0 Å². The predicted molar refractivity (Wildman–Crippen MR) is 50.6 cm³/mol. The van der Waals surface area contributed by atoms with E-state index in [1.807, 2.05) is 11.4 Å². The van der Waals surface area contributed by atoms with Crippen LogP contribution in [0, 0.1) is 0 Å². The molecule has 1 aromatic heterocycles. The molecule has 0 saturated carbocycles. The van der Waals surface area contributed by atoms with Crippen molar-refractivity contribution in [2.75, 3.05) is 12.0 Å². The van der Waals surface area contributed by atoms with Crippen molar-refractivity contribution in [3.63, 3.8) is 0 Å². The second-order valence-electron chi connectivity index (χ2n) is 2.10. The molecule has 0 spiro atoms. The monoisotopic (exact) mass is 189 g/mol. The van der Waals surface area contributed by atoms with Crippen LogP contribution in [0.1, 0.15) is 11.7 Å². The van der Waals surface area contributed by atoms with Gasteiger partial charge in [-0.05, 0) is 23.9 Å². The Hall–Kier alpha value is -0.100. The van der Waals surface area contributed by atoms with E-state index < -0.39 is 0 Å². The van der Waals surface area contributed by atoms with Crippen LogP contribution in [0.2, 0.25) is 0 Å². The molecule has 0 saturated heterocycles. The van der Waals surface area contributed by atoms with Crippen LogP contribution in [0.25, 0.3) is 0 Å². The van der Waals surface area contributed by atoms with Gasteiger partial charge in [0, 0.05) is 11.1 Å². The Labute approximate surface area is 74.5 Å². The molecule has 1 heterocycles. The number of nitrogens with one attached hydrogen (secondary N) is 1. The standard InChI is InChI=1S/C6H11N3S2/c1-10-4-6(8-7)5-2-3-11-9-5/h2-3,6,8H,4,7H2,1H3. The van der Waals surface area contributed by atoms with Crippen molar-refractivity contribution < 1.29 is 0 Å². The molecule has 0 aromatic carbocycles. The van der Waals surface area contributed by atoms with Gasteiger partial charge >= 0.3 is 0 Å². The summed E-state index contributed by atoms with van der Waals surface area (Å²) in [7, 11) is 0. The van der Waals surface area contributed by atoms with Crippen LogP contribution < -0.4 is 11.3 Å². The molecule has 1 aromatic rings. The van der Waals surface area contributed by atoms with E-state index >= 15 is 0 Å². The number of thioether (sulfide) groups is 1. The first-order valence-electron chi connectivity index (χ1n) is 3.24. The van der Waals surface area contributed by atoms with Gasteiger partial charge in [0.1, 0.15) is 0 Å². The van der Waals surface area contributed by atoms with Crippen LogP contribution in [0.15, 0.2) is 11.4 Å². The van der Waals surface area contributed by atoms with Gasteiger partial charge in [-0.2, -0.15) is 16.1 Å². The van der Waals surface area contributed by atoms with Crippen molar-refractivity contribution in [1.82, 2.24) is 9.80 Å². The Morgan fingerprint density at radius 1 is 1.91 bits per heavy atom. The maximum absolute atomic E-state index is 5.35. The molecule has 1 atom stereocenters. The Kier molecular flexibility index (Phi) is 3.85. The summed E-state index contributed by atoms with van der Waals surface area (Å²) in [5.41, 5.74) is 3.76. The lowest BCUT2D eigenvalue weighted by Gasteiger charge is -2.10. The highest BCUT2D eigenvalue weighted by molar-refractivity contribution is 7.98. The van der Waals surface area contributed by atoms with E-state index in [0.29, 0.717) is 0 Å². The van der Waals surface area contributed by atoms with E-state index in [2.05, 4.69) is 16.1 Å². The number of rotatable bonds is 4. The van der Waals surface area contributed by atoms with Crippen molar-refractivity contribution >= 4 is 23.3 Å². The maximum atomic E-state index is 5.35. The van der Waals surface area contributed by atoms with E-state index in [1.165, 1.54) is 11.5 Å². The highest BCUT2D eigenvalue weighted by atomic mass is 32.2. The van der Waals surface area contributed by atoms with Gasteiger partial charge in [0.05, 0.1) is 11.7 Å². The van der Waals surface area contributed by atoms with Crippen LogP contribution in [-0.4, -0.2) is 16.4 Å². The molecule has 3 nitrogen and oxygen atoms in total. The zero-order valence-corrected chi connectivity index (χ0v) is 7.91. The normalized spacial score (nSPS) is 13.3. The highest BCUT2D eigenvalue weighted by Gasteiger charge is 2.09. The maximum Gasteiger partial charge on any atom is 0.0733 e. The minimum absolute atomic E-state index is 0.191. The molecule has 0 aliphatic heterocycles. The molecule has 0 fully saturated rings. The summed E-state index contributed by atoms with van der Waals surface area (Å²) >= 11 is 3.21. The highest BCUT2D eigenvalue weighted by Crippen LogP contribution is 2.14. The number of aromatic nitrogens is 1. The second kappa shape index (κ2) is 4.71. The fourth-order valence-electron chi connectivity index (χ4n) is 0.787. The van der Waals surface area contributed by atoms with E-state index in [-0.39, 0.29) is 6.04 Å². The average molecular weight is 189 g/mol. The number of hydrazine groups is 1. The number of nitrogens with zero attached hydrogens (tertiary/aromatic N) is 1. The molecule has 0 radical (unpaired) electrons. The fourth-order valence-corrected chi connectivity index (χ4v) is 1.96. The van der Waals surface area contributed by atoms with E-state index in [4.69, 9.17) is 5.84 Å². The Bertz CT molecular complexity index is 188.